The normalized spacial score (nSPS) is 12.4. The molecule has 20 heavy (non-hydrogen) atoms. The Kier molecular flexibility index (Phi) is 4.73. The first-order valence-corrected chi connectivity index (χ1v) is 6.76. The number of nitrogens with one attached hydrogen (secondary N) is 1. The number of rotatable bonds is 4. The van der Waals surface area contributed by atoms with Gasteiger partial charge in [0.2, 0.25) is 0 Å². The molecule has 0 spiro atoms. The lowest BCUT2D eigenvalue weighted by molar-refractivity contribution is 0.539. The van der Waals surface area contributed by atoms with E-state index in [0.29, 0.717) is 17.0 Å². The first kappa shape index (κ1) is 14.9. The summed E-state index contributed by atoms with van der Waals surface area (Å²) in [7, 11) is 1.82. The monoisotopic (exact) mass is 295 g/mol. The van der Waals surface area contributed by atoms with Crippen molar-refractivity contribution in [2.75, 3.05) is 7.05 Å². The number of halogens is 3. The van der Waals surface area contributed by atoms with Crippen molar-refractivity contribution in [3.63, 3.8) is 0 Å². The Morgan fingerprint density at radius 3 is 2.50 bits per heavy atom. The van der Waals surface area contributed by atoms with Crippen LogP contribution in [0.2, 0.25) is 5.02 Å². The minimum Gasteiger partial charge on any atom is -0.313 e. The first-order chi connectivity index (χ1) is 9.51. The Morgan fingerprint density at radius 1 is 1.15 bits per heavy atom. The van der Waals surface area contributed by atoms with Gasteiger partial charge < -0.3 is 5.32 Å². The molecule has 0 aromatic heterocycles. The largest absolute Gasteiger partial charge is 0.313 e. The maximum atomic E-state index is 13.7. The summed E-state index contributed by atoms with van der Waals surface area (Å²) in [5.41, 5.74) is 2.58. The van der Waals surface area contributed by atoms with E-state index in [4.69, 9.17) is 11.6 Å². The van der Waals surface area contributed by atoms with E-state index in [1.807, 2.05) is 32.2 Å². The maximum Gasteiger partial charge on any atom is 0.129 e. The molecule has 1 atom stereocenters. The van der Waals surface area contributed by atoms with Crippen molar-refractivity contribution in [1.82, 2.24) is 5.32 Å². The van der Waals surface area contributed by atoms with Crippen LogP contribution in [-0.4, -0.2) is 7.05 Å². The topological polar surface area (TPSA) is 12.0 Å². The van der Waals surface area contributed by atoms with Crippen LogP contribution in [0.4, 0.5) is 8.78 Å². The standard InChI is InChI=1S/C16H16ClF2N/c1-10-7-12(17)4-6-14(10)16(20-2)8-11-3-5-13(18)9-15(11)19/h3-7,9,16,20H,8H2,1-2H3. The van der Waals surface area contributed by atoms with Crippen LogP contribution in [0.3, 0.4) is 0 Å². The average Bonchev–Trinajstić information content (AvgIpc) is 2.39. The number of likely N-dealkylation sites (N-methyl/N-ethyl adjacent to an activating group) is 1. The highest BCUT2D eigenvalue weighted by molar-refractivity contribution is 6.30. The molecule has 0 aliphatic heterocycles. The predicted octanol–water partition coefficient (Wildman–Crippen LogP) is 4.43. The van der Waals surface area contributed by atoms with Gasteiger partial charge in [0.1, 0.15) is 11.6 Å². The zero-order valence-corrected chi connectivity index (χ0v) is 12.1. The van der Waals surface area contributed by atoms with Crippen LogP contribution in [0.1, 0.15) is 22.7 Å². The Hall–Kier alpha value is -1.45. The fraction of sp³-hybridized carbons (Fsp3) is 0.250. The van der Waals surface area contributed by atoms with Crippen LogP contribution < -0.4 is 5.32 Å². The average molecular weight is 296 g/mol. The summed E-state index contributed by atoms with van der Waals surface area (Å²) in [5, 5.41) is 3.84. The molecule has 0 saturated carbocycles. The number of hydrogen-bond donors (Lipinski definition) is 1. The Balaban J connectivity index is 2.28. The molecule has 2 aromatic rings. The van der Waals surface area contributed by atoms with E-state index in [0.717, 1.165) is 17.2 Å². The van der Waals surface area contributed by atoms with Crippen LogP contribution in [0.5, 0.6) is 0 Å². The molecule has 0 saturated heterocycles. The highest BCUT2D eigenvalue weighted by Gasteiger charge is 2.15. The Morgan fingerprint density at radius 2 is 1.90 bits per heavy atom. The summed E-state index contributed by atoms with van der Waals surface area (Å²) in [4.78, 5) is 0. The predicted molar refractivity (Wildman–Crippen MR) is 78.1 cm³/mol. The van der Waals surface area contributed by atoms with Gasteiger partial charge in [-0.25, -0.2) is 8.78 Å². The molecule has 106 valence electrons. The van der Waals surface area contributed by atoms with Gasteiger partial charge in [-0.15, -0.1) is 0 Å². The number of benzene rings is 2. The molecule has 0 aliphatic carbocycles. The van der Waals surface area contributed by atoms with Crippen LogP contribution in [0.25, 0.3) is 0 Å². The fourth-order valence-corrected chi connectivity index (χ4v) is 2.53. The second-order valence-electron chi connectivity index (χ2n) is 4.78. The summed E-state index contributed by atoms with van der Waals surface area (Å²) in [6, 6.07) is 9.25. The van der Waals surface area contributed by atoms with Crippen molar-refractivity contribution in [3.8, 4) is 0 Å². The summed E-state index contributed by atoms with van der Waals surface area (Å²) in [6.45, 7) is 1.96. The van der Waals surface area contributed by atoms with Crippen molar-refractivity contribution in [2.45, 2.75) is 19.4 Å². The molecule has 0 radical (unpaired) electrons. The van der Waals surface area contributed by atoms with E-state index >= 15 is 0 Å². The van der Waals surface area contributed by atoms with E-state index < -0.39 is 11.6 Å². The van der Waals surface area contributed by atoms with Crippen LogP contribution in [0.15, 0.2) is 36.4 Å². The van der Waals surface area contributed by atoms with Gasteiger partial charge in [0, 0.05) is 17.1 Å². The van der Waals surface area contributed by atoms with E-state index in [9.17, 15) is 8.78 Å². The van der Waals surface area contributed by atoms with Gasteiger partial charge in [-0.3, -0.25) is 0 Å². The van der Waals surface area contributed by atoms with Crippen LogP contribution in [0, 0.1) is 18.6 Å². The molecule has 0 amide bonds. The van der Waals surface area contributed by atoms with Crippen LogP contribution in [-0.2, 0) is 6.42 Å². The highest BCUT2D eigenvalue weighted by Crippen LogP contribution is 2.25. The van der Waals surface area contributed by atoms with Crippen molar-refractivity contribution < 1.29 is 8.78 Å². The van der Waals surface area contributed by atoms with Gasteiger partial charge in [0.25, 0.3) is 0 Å². The van der Waals surface area contributed by atoms with Crippen molar-refractivity contribution in [3.05, 3.63) is 69.7 Å². The molecule has 0 aliphatic rings. The van der Waals surface area contributed by atoms with Crippen LogP contribution >= 0.6 is 11.6 Å². The highest BCUT2D eigenvalue weighted by atomic mass is 35.5. The summed E-state index contributed by atoms with van der Waals surface area (Å²) >= 11 is 5.95. The number of hydrogen-bond acceptors (Lipinski definition) is 1. The zero-order chi connectivity index (χ0) is 14.7. The molecular weight excluding hydrogens is 280 g/mol. The molecule has 0 heterocycles. The van der Waals surface area contributed by atoms with Gasteiger partial charge in [-0.1, -0.05) is 23.7 Å². The summed E-state index contributed by atoms with van der Waals surface area (Å²) in [6.07, 6.45) is 0.449. The minimum absolute atomic E-state index is 0.0489. The van der Waals surface area contributed by atoms with Crippen molar-refractivity contribution in [1.29, 1.82) is 0 Å². The molecule has 0 fully saturated rings. The molecule has 2 aromatic carbocycles. The quantitative estimate of drug-likeness (QED) is 0.880. The lowest BCUT2D eigenvalue weighted by Gasteiger charge is -2.19. The second-order valence-corrected chi connectivity index (χ2v) is 5.22. The van der Waals surface area contributed by atoms with Gasteiger partial charge in [0.15, 0.2) is 0 Å². The van der Waals surface area contributed by atoms with Gasteiger partial charge in [-0.2, -0.15) is 0 Å². The van der Waals surface area contributed by atoms with Gasteiger partial charge in [0.05, 0.1) is 0 Å². The third-order valence-electron chi connectivity index (χ3n) is 3.39. The van der Waals surface area contributed by atoms with Gasteiger partial charge >= 0.3 is 0 Å². The lowest BCUT2D eigenvalue weighted by Crippen LogP contribution is -2.20. The summed E-state index contributed by atoms with van der Waals surface area (Å²) in [5.74, 6) is -1.08. The van der Waals surface area contributed by atoms with E-state index in [1.165, 1.54) is 12.1 Å². The molecule has 4 heteroatoms. The van der Waals surface area contributed by atoms with E-state index in [2.05, 4.69) is 5.32 Å². The Bertz CT molecular complexity index is 613. The third-order valence-corrected chi connectivity index (χ3v) is 3.63. The third kappa shape index (κ3) is 3.35. The molecule has 1 unspecified atom stereocenters. The summed E-state index contributed by atoms with van der Waals surface area (Å²) < 4.78 is 26.7. The minimum atomic E-state index is -0.560. The smallest absolute Gasteiger partial charge is 0.129 e. The van der Waals surface area contributed by atoms with E-state index in [-0.39, 0.29) is 6.04 Å². The van der Waals surface area contributed by atoms with Crippen molar-refractivity contribution in [2.24, 2.45) is 0 Å². The SMILES string of the molecule is CNC(Cc1ccc(F)cc1F)c1ccc(Cl)cc1C. The number of aryl methyl sites for hydroxylation is 1. The second kappa shape index (κ2) is 6.33. The molecule has 1 N–H and O–H groups in total. The van der Waals surface area contributed by atoms with Gasteiger partial charge in [-0.05, 0) is 55.3 Å². The molecule has 0 bridgehead atoms. The zero-order valence-electron chi connectivity index (χ0n) is 11.4. The Labute approximate surface area is 122 Å². The first-order valence-electron chi connectivity index (χ1n) is 6.38. The molecule has 2 rings (SSSR count). The van der Waals surface area contributed by atoms with Crippen molar-refractivity contribution >= 4 is 11.6 Å². The lowest BCUT2D eigenvalue weighted by atomic mass is 9.95. The molecule has 1 nitrogen and oxygen atoms in total. The van der Waals surface area contributed by atoms with E-state index in [1.54, 1.807) is 0 Å². The molecular formula is C16H16ClF2N. The fourth-order valence-electron chi connectivity index (χ4n) is 2.30. The maximum absolute atomic E-state index is 13.7.